The van der Waals surface area contributed by atoms with E-state index < -0.39 is 0 Å². The third kappa shape index (κ3) is 2.38. The third-order valence-corrected chi connectivity index (χ3v) is 2.81. The number of aryl methyl sites for hydroxylation is 2. The predicted molar refractivity (Wildman–Crippen MR) is 67.9 cm³/mol. The van der Waals surface area contributed by atoms with Gasteiger partial charge in [-0.25, -0.2) is 0 Å². The molecule has 2 rings (SSSR count). The van der Waals surface area contributed by atoms with Gasteiger partial charge in [0.05, 0.1) is 0 Å². The predicted octanol–water partition coefficient (Wildman–Crippen LogP) is 3.65. The molecule has 3 nitrogen and oxygen atoms in total. The highest BCUT2D eigenvalue weighted by atomic mass is 16.4. The Kier molecular flexibility index (Phi) is 2.77. The van der Waals surface area contributed by atoms with Crippen molar-refractivity contribution in [1.29, 1.82) is 0 Å². The molecule has 1 aromatic heterocycles. The van der Waals surface area contributed by atoms with E-state index >= 15 is 0 Å². The van der Waals surface area contributed by atoms with Crippen molar-refractivity contribution in [2.24, 2.45) is 0 Å². The molecule has 0 unspecified atom stereocenters. The first-order valence-electron chi connectivity index (χ1n) is 5.79. The number of nitrogens with zero attached hydrogens (tertiary/aromatic N) is 2. The van der Waals surface area contributed by atoms with E-state index in [0.717, 1.165) is 5.56 Å². The molecule has 0 aliphatic rings. The SMILES string of the molecule is Cc1nnc(-c2ccc(C(C)(C)C)c(C)c2)o1. The Hall–Kier alpha value is -1.64. The minimum Gasteiger partial charge on any atom is -0.421 e. The second-order valence-corrected chi connectivity index (χ2v) is 5.41. The Labute approximate surface area is 102 Å². The second kappa shape index (κ2) is 3.99. The molecule has 3 heteroatoms. The lowest BCUT2D eigenvalue weighted by Crippen LogP contribution is -2.12. The van der Waals surface area contributed by atoms with Crippen LogP contribution < -0.4 is 0 Å². The van der Waals surface area contributed by atoms with Crippen LogP contribution in [0.3, 0.4) is 0 Å². The summed E-state index contributed by atoms with van der Waals surface area (Å²) >= 11 is 0. The van der Waals surface area contributed by atoms with Crippen molar-refractivity contribution < 1.29 is 4.42 Å². The molecule has 0 aliphatic heterocycles. The standard InChI is InChI=1S/C14H18N2O/c1-9-8-11(13-16-15-10(2)17-13)6-7-12(9)14(3,4)5/h6-8H,1-5H3. The highest BCUT2D eigenvalue weighted by molar-refractivity contribution is 5.56. The fourth-order valence-electron chi connectivity index (χ4n) is 2.05. The highest BCUT2D eigenvalue weighted by Crippen LogP contribution is 2.29. The smallest absolute Gasteiger partial charge is 0.247 e. The molecule has 17 heavy (non-hydrogen) atoms. The number of benzene rings is 1. The average molecular weight is 230 g/mol. The zero-order valence-corrected chi connectivity index (χ0v) is 11.0. The van der Waals surface area contributed by atoms with Gasteiger partial charge in [0.1, 0.15) is 0 Å². The van der Waals surface area contributed by atoms with Crippen LogP contribution in [0.1, 0.15) is 37.8 Å². The Bertz CT molecular complexity index is 535. The van der Waals surface area contributed by atoms with E-state index in [0.29, 0.717) is 11.8 Å². The topological polar surface area (TPSA) is 38.9 Å². The molecule has 0 fully saturated rings. The van der Waals surface area contributed by atoms with E-state index in [2.05, 4.69) is 50.0 Å². The van der Waals surface area contributed by atoms with Gasteiger partial charge in [0.15, 0.2) is 0 Å². The van der Waals surface area contributed by atoms with Gasteiger partial charge in [-0.3, -0.25) is 0 Å². The Balaban J connectivity index is 2.44. The lowest BCUT2D eigenvalue weighted by Gasteiger charge is -2.21. The van der Waals surface area contributed by atoms with Gasteiger partial charge < -0.3 is 4.42 Å². The molecule has 1 aromatic carbocycles. The zero-order chi connectivity index (χ0) is 12.6. The van der Waals surface area contributed by atoms with Crippen molar-refractivity contribution in [2.75, 3.05) is 0 Å². The molecule has 0 saturated carbocycles. The monoisotopic (exact) mass is 230 g/mol. The minimum absolute atomic E-state index is 0.160. The number of hydrogen-bond donors (Lipinski definition) is 0. The summed E-state index contributed by atoms with van der Waals surface area (Å²) in [6.45, 7) is 10.6. The maximum atomic E-state index is 5.43. The first-order chi connectivity index (χ1) is 7.88. The maximum absolute atomic E-state index is 5.43. The summed E-state index contributed by atoms with van der Waals surface area (Å²) in [6, 6.07) is 6.29. The zero-order valence-electron chi connectivity index (χ0n) is 11.0. The molecular formula is C14H18N2O. The highest BCUT2D eigenvalue weighted by Gasteiger charge is 2.17. The van der Waals surface area contributed by atoms with Crippen LogP contribution in [0, 0.1) is 13.8 Å². The van der Waals surface area contributed by atoms with Crippen molar-refractivity contribution in [3.05, 3.63) is 35.2 Å². The summed E-state index contributed by atoms with van der Waals surface area (Å²) in [7, 11) is 0. The van der Waals surface area contributed by atoms with Gasteiger partial charge in [-0.1, -0.05) is 26.8 Å². The lowest BCUT2D eigenvalue weighted by molar-refractivity contribution is 0.532. The van der Waals surface area contributed by atoms with Crippen LogP contribution >= 0.6 is 0 Å². The van der Waals surface area contributed by atoms with Crippen LogP contribution in [0.5, 0.6) is 0 Å². The molecule has 0 saturated heterocycles. The summed E-state index contributed by atoms with van der Waals surface area (Å²) in [6.07, 6.45) is 0. The number of hydrogen-bond acceptors (Lipinski definition) is 3. The summed E-state index contributed by atoms with van der Waals surface area (Å²) in [4.78, 5) is 0. The summed E-state index contributed by atoms with van der Waals surface area (Å²) in [5, 5.41) is 7.88. The van der Waals surface area contributed by atoms with E-state index in [9.17, 15) is 0 Å². The van der Waals surface area contributed by atoms with Crippen LogP contribution in [0.4, 0.5) is 0 Å². The molecule has 2 aromatic rings. The fourth-order valence-corrected chi connectivity index (χ4v) is 2.05. The third-order valence-electron chi connectivity index (χ3n) is 2.81. The van der Waals surface area contributed by atoms with Gasteiger partial charge in [-0.2, -0.15) is 0 Å². The van der Waals surface area contributed by atoms with E-state index in [1.807, 2.05) is 6.07 Å². The molecule has 90 valence electrons. The Morgan fingerprint density at radius 3 is 2.24 bits per heavy atom. The van der Waals surface area contributed by atoms with E-state index in [4.69, 9.17) is 4.42 Å². The van der Waals surface area contributed by atoms with Crippen molar-refractivity contribution in [3.63, 3.8) is 0 Å². The molecule has 0 N–H and O–H groups in total. The molecule has 0 bridgehead atoms. The number of aromatic nitrogens is 2. The van der Waals surface area contributed by atoms with Gasteiger partial charge in [0.25, 0.3) is 0 Å². The molecule has 0 radical (unpaired) electrons. The average Bonchev–Trinajstić information content (AvgIpc) is 2.62. The molecule has 0 aliphatic carbocycles. The molecule has 0 amide bonds. The normalized spacial score (nSPS) is 11.8. The largest absolute Gasteiger partial charge is 0.421 e. The summed E-state index contributed by atoms with van der Waals surface area (Å²) in [5.41, 5.74) is 3.74. The Morgan fingerprint density at radius 1 is 1.06 bits per heavy atom. The summed E-state index contributed by atoms with van der Waals surface area (Å²) in [5.74, 6) is 1.18. The van der Waals surface area contributed by atoms with E-state index in [1.165, 1.54) is 11.1 Å². The van der Waals surface area contributed by atoms with Crippen molar-refractivity contribution in [1.82, 2.24) is 10.2 Å². The first kappa shape index (κ1) is 11.8. The number of rotatable bonds is 1. The summed E-state index contributed by atoms with van der Waals surface area (Å²) < 4.78 is 5.43. The van der Waals surface area contributed by atoms with Crippen LogP contribution in [-0.4, -0.2) is 10.2 Å². The lowest BCUT2D eigenvalue weighted by atomic mass is 9.83. The van der Waals surface area contributed by atoms with Crippen LogP contribution in [0.15, 0.2) is 22.6 Å². The second-order valence-electron chi connectivity index (χ2n) is 5.41. The van der Waals surface area contributed by atoms with Gasteiger partial charge in [-0.15, -0.1) is 10.2 Å². The van der Waals surface area contributed by atoms with E-state index in [1.54, 1.807) is 6.92 Å². The quantitative estimate of drug-likeness (QED) is 0.750. The van der Waals surface area contributed by atoms with Gasteiger partial charge >= 0.3 is 0 Å². The molecule has 0 spiro atoms. The molecule has 1 heterocycles. The van der Waals surface area contributed by atoms with Crippen LogP contribution in [0.25, 0.3) is 11.5 Å². The van der Waals surface area contributed by atoms with Gasteiger partial charge in [-0.05, 0) is 35.6 Å². The minimum atomic E-state index is 0.160. The van der Waals surface area contributed by atoms with E-state index in [-0.39, 0.29) is 5.41 Å². The van der Waals surface area contributed by atoms with Gasteiger partial charge in [0.2, 0.25) is 11.8 Å². The van der Waals surface area contributed by atoms with Crippen LogP contribution in [-0.2, 0) is 5.41 Å². The maximum Gasteiger partial charge on any atom is 0.247 e. The molecular weight excluding hydrogens is 212 g/mol. The van der Waals surface area contributed by atoms with Gasteiger partial charge in [0, 0.05) is 12.5 Å². The van der Waals surface area contributed by atoms with Crippen molar-refractivity contribution in [3.8, 4) is 11.5 Å². The fraction of sp³-hybridized carbons (Fsp3) is 0.429. The Morgan fingerprint density at radius 2 is 1.76 bits per heavy atom. The van der Waals surface area contributed by atoms with Crippen molar-refractivity contribution >= 4 is 0 Å². The van der Waals surface area contributed by atoms with Crippen LogP contribution in [0.2, 0.25) is 0 Å². The first-order valence-corrected chi connectivity index (χ1v) is 5.79. The van der Waals surface area contributed by atoms with Crippen molar-refractivity contribution in [2.45, 2.75) is 40.0 Å². The molecule has 0 atom stereocenters.